The van der Waals surface area contributed by atoms with Gasteiger partial charge in [0, 0.05) is 5.92 Å². The number of nitrogens with zero attached hydrogens (tertiary/aromatic N) is 1. The number of benzene rings is 2. The molecule has 5 heteroatoms. The SMILES string of the molecule is COc1ccc([C@@H]2[C@@H](C#N)[C@H]2S(=O)(=O)c2ccccc2)cc1. The van der Waals surface area contributed by atoms with E-state index in [2.05, 4.69) is 6.07 Å². The molecule has 1 saturated carbocycles. The van der Waals surface area contributed by atoms with Crippen molar-refractivity contribution >= 4 is 9.84 Å². The van der Waals surface area contributed by atoms with Gasteiger partial charge in [-0.2, -0.15) is 5.26 Å². The van der Waals surface area contributed by atoms with E-state index in [-0.39, 0.29) is 10.8 Å². The summed E-state index contributed by atoms with van der Waals surface area (Å²) in [6.45, 7) is 0. The second-order valence-corrected chi connectivity index (χ2v) is 7.38. The molecular weight excluding hydrogens is 298 g/mol. The summed E-state index contributed by atoms with van der Waals surface area (Å²) in [6, 6.07) is 17.7. The van der Waals surface area contributed by atoms with Crippen molar-refractivity contribution < 1.29 is 13.2 Å². The zero-order valence-corrected chi connectivity index (χ0v) is 12.8. The lowest BCUT2D eigenvalue weighted by Crippen LogP contribution is -2.10. The summed E-state index contributed by atoms with van der Waals surface area (Å²) in [7, 11) is -1.92. The van der Waals surface area contributed by atoms with Gasteiger partial charge in [0.15, 0.2) is 9.84 Å². The molecule has 0 aliphatic heterocycles. The van der Waals surface area contributed by atoms with Crippen molar-refractivity contribution in [3.05, 3.63) is 60.2 Å². The van der Waals surface area contributed by atoms with Crippen LogP contribution in [0.5, 0.6) is 5.75 Å². The van der Waals surface area contributed by atoms with Gasteiger partial charge < -0.3 is 4.74 Å². The molecule has 0 amide bonds. The van der Waals surface area contributed by atoms with E-state index in [0.717, 1.165) is 5.56 Å². The summed E-state index contributed by atoms with van der Waals surface area (Å²) in [6.07, 6.45) is 0. The van der Waals surface area contributed by atoms with Gasteiger partial charge in [-0.05, 0) is 29.8 Å². The Morgan fingerprint density at radius 2 is 1.68 bits per heavy atom. The molecule has 0 spiro atoms. The van der Waals surface area contributed by atoms with E-state index in [9.17, 15) is 13.7 Å². The molecule has 4 nitrogen and oxygen atoms in total. The Hall–Kier alpha value is -2.32. The van der Waals surface area contributed by atoms with Crippen LogP contribution in [0.25, 0.3) is 0 Å². The zero-order chi connectivity index (χ0) is 15.7. The van der Waals surface area contributed by atoms with Crippen LogP contribution in [0.1, 0.15) is 11.5 Å². The van der Waals surface area contributed by atoms with Crippen LogP contribution < -0.4 is 4.74 Å². The average molecular weight is 313 g/mol. The first-order valence-electron chi connectivity index (χ1n) is 6.92. The van der Waals surface area contributed by atoms with Crippen molar-refractivity contribution in [1.82, 2.24) is 0 Å². The molecule has 0 bridgehead atoms. The van der Waals surface area contributed by atoms with Gasteiger partial charge in [-0.15, -0.1) is 0 Å². The molecule has 2 aromatic carbocycles. The predicted molar refractivity (Wildman–Crippen MR) is 82.3 cm³/mol. The molecule has 0 aromatic heterocycles. The fourth-order valence-corrected chi connectivity index (χ4v) is 4.90. The standard InChI is InChI=1S/C17H15NO3S/c1-21-13-9-7-12(8-10-13)16-15(11-18)17(16)22(19,20)14-5-3-2-4-6-14/h2-10,15-17H,1H3/t15-,16-,17-/m1/s1. The molecule has 0 radical (unpaired) electrons. The highest BCUT2D eigenvalue weighted by Crippen LogP contribution is 2.53. The van der Waals surface area contributed by atoms with E-state index in [1.54, 1.807) is 49.6 Å². The quantitative estimate of drug-likeness (QED) is 0.870. The van der Waals surface area contributed by atoms with E-state index >= 15 is 0 Å². The van der Waals surface area contributed by atoms with Crippen molar-refractivity contribution in [3.8, 4) is 11.8 Å². The molecule has 1 aliphatic carbocycles. The minimum Gasteiger partial charge on any atom is -0.497 e. The molecule has 0 heterocycles. The van der Waals surface area contributed by atoms with Crippen LogP contribution in [0.3, 0.4) is 0 Å². The van der Waals surface area contributed by atoms with Crippen molar-refractivity contribution in [3.63, 3.8) is 0 Å². The first-order chi connectivity index (χ1) is 10.6. The number of ether oxygens (including phenoxy) is 1. The summed E-state index contributed by atoms with van der Waals surface area (Å²) < 4.78 is 30.5. The fourth-order valence-electron chi connectivity index (χ4n) is 2.81. The molecule has 22 heavy (non-hydrogen) atoms. The van der Waals surface area contributed by atoms with Crippen molar-refractivity contribution in [2.45, 2.75) is 16.1 Å². The number of rotatable bonds is 4. The predicted octanol–water partition coefficient (Wildman–Crippen LogP) is 2.77. The minimum atomic E-state index is -3.49. The van der Waals surface area contributed by atoms with E-state index < -0.39 is 21.0 Å². The first-order valence-corrected chi connectivity index (χ1v) is 8.46. The molecule has 3 rings (SSSR count). The highest BCUT2D eigenvalue weighted by molar-refractivity contribution is 7.92. The highest BCUT2D eigenvalue weighted by Gasteiger charge is 2.59. The Morgan fingerprint density at radius 3 is 2.23 bits per heavy atom. The Labute approximate surface area is 129 Å². The van der Waals surface area contributed by atoms with Crippen LogP contribution in [0.2, 0.25) is 0 Å². The molecular formula is C17H15NO3S. The largest absolute Gasteiger partial charge is 0.497 e. The summed E-state index contributed by atoms with van der Waals surface area (Å²) in [5.41, 5.74) is 0.858. The Kier molecular flexibility index (Phi) is 3.63. The number of methoxy groups -OCH3 is 1. The van der Waals surface area contributed by atoms with Crippen molar-refractivity contribution in [2.24, 2.45) is 5.92 Å². The smallest absolute Gasteiger partial charge is 0.183 e. The lowest BCUT2D eigenvalue weighted by molar-refractivity contribution is 0.414. The Bertz CT molecular complexity index is 807. The van der Waals surface area contributed by atoms with Crippen LogP contribution in [0.4, 0.5) is 0 Å². The third kappa shape index (κ3) is 2.36. The van der Waals surface area contributed by atoms with E-state index in [1.165, 1.54) is 0 Å². The molecule has 2 aromatic rings. The van der Waals surface area contributed by atoms with Crippen LogP contribution in [-0.2, 0) is 9.84 Å². The van der Waals surface area contributed by atoms with E-state index in [0.29, 0.717) is 5.75 Å². The van der Waals surface area contributed by atoms with Crippen LogP contribution >= 0.6 is 0 Å². The summed E-state index contributed by atoms with van der Waals surface area (Å²) in [5, 5.41) is 8.61. The van der Waals surface area contributed by atoms with Gasteiger partial charge in [-0.1, -0.05) is 30.3 Å². The van der Waals surface area contributed by atoms with Crippen LogP contribution in [0.15, 0.2) is 59.5 Å². The van der Waals surface area contributed by atoms with Gasteiger partial charge in [0.25, 0.3) is 0 Å². The molecule has 1 fully saturated rings. The second kappa shape index (κ2) is 5.47. The van der Waals surface area contributed by atoms with Gasteiger partial charge >= 0.3 is 0 Å². The maximum atomic E-state index is 12.7. The molecule has 1 aliphatic rings. The van der Waals surface area contributed by atoms with Crippen LogP contribution in [0, 0.1) is 17.2 Å². The average Bonchev–Trinajstić information content (AvgIpc) is 3.31. The first kappa shape index (κ1) is 14.6. The monoisotopic (exact) mass is 313 g/mol. The Balaban J connectivity index is 1.93. The number of sulfone groups is 1. The number of hydrogen-bond donors (Lipinski definition) is 0. The van der Waals surface area contributed by atoms with Gasteiger partial charge in [-0.25, -0.2) is 8.42 Å². The topological polar surface area (TPSA) is 67.2 Å². The fraction of sp³-hybridized carbons (Fsp3) is 0.235. The third-order valence-corrected chi connectivity index (χ3v) is 6.27. The van der Waals surface area contributed by atoms with Gasteiger partial charge in [0.05, 0.1) is 29.2 Å². The van der Waals surface area contributed by atoms with Gasteiger partial charge in [0.2, 0.25) is 0 Å². The molecule has 112 valence electrons. The summed E-state index contributed by atoms with van der Waals surface area (Å²) >= 11 is 0. The normalized spacial score (nSPS) is 23.5. The molecule has 0 N–H and O–H groups in total. The maximum absolute atomic E-state index is 12.7. The summed E-state index contributed by atoms with van der Waals surface area (Å²) in [5.74, 6) is -0.0694. The van der Waals surface area contributed by atoms with Crippen molar-refractivity contribution in [1.29, 1.82) is 5.26 Å². The number of nitriles is 1. The van der Waals surface area contributed by atoms with E-state index in [1.807, 2.05) is 12.1 Å². The van der Waals surface area contributed by atoms with Crippen molar-refractivity contribution in [2.75, 3.05) is 7.11 Å². The van der Waals surface area contributed by atoms with Crippen LogP contribution in [-0.4, -0.2) is 20.8 Å². The van der Waals surface area contributed by atoms with Gasteiger partial charge in [-0.3, -0.25) is 0 Å². The summed E-state index contributed by atoms with van der Waals surface area (Å²) in [4.78, 5) is 0.274. The molecule has 0 saturated heterocycles. The van der Waals surface area contributed by atoms with E-state index in [4.69, 9.17) is 4.74 Å². The van der Waals surface area contributed by atoms with Gasteiger partial charge in [0.1, 0.15) is 5.75 Å². The Morgan fingerprint density at radius 1 is 1.05 bits per heavy atom. The molecule has 0 unspecified atom stereocenters. The maximum Gasteiger partial charge on any atom is 0.183 e. The highest BCUT2D eigenvalue weighted by atomic mass is 32.2. The second-order valence-electron chi connectivity index (χ2n) is 5.28. The lowest BCUT2D eigenvalue weighted by atomic mass is 10.1. The zero-order valence-electron chi connectivity index (χ0n) is 12.0. The third-order valence-electron chi connectivity index (χ3n) is 4.03. The minimum absolute atomic E-state index is 0.274. The number of hydrogen-bond acceptors (Lipinski definition) is 4. The lowest BCUT2D eigenvalue weighted by Gasteiger charge is -2.04. The molecule has 3 atom stereocenters.